The topological polar surface area (TPSA) is 55.1 Å². The fourth-order valence-corrected chi connectivity index (χ4v) is 3.23. The van der Waals surface area contributed by atoms with E-state index in [-0.39, 0.29) is 5.91 Å². The van der Waals surface area contributed by atoms with Gasteiger partial charge >= 0.3 is 0 Å². The van der Waals surface area contributed by atoms with Crippen LogP contribution in [0, 0.1) is 0 Å². The van der Waals surface area contributed by atoms with Gasteiger partial charge in [0.15, 0.2) is 0 Å². The summed E-state index contributed by atoms with van der Waals surface area (Å²) in [7, 11) is 0. The Balaban J connectivity index is 0.000000461. The zero-order valence-electron chi connectivity index (χ0n) is 13.3. The summed E-state index contributed by atoms with van der Waals surface area (Å²) in [6, 6.07) is 4.05. The van der Waals surface area contributed by atoms with Crippen molar-refractivity contribution in [3.63, 3.8) is 0 Å². The molecule has 0 saturated carbocycles. The fourth-order valence-electron chi connectivity index (χ4n) is 3.23. The molecule has 0 heterocycles. The molecule has 0 radical (unpaired) electrons. The number of nitrogens with two attached hydrogens (primary N) is 1. The number of benzene rings is 1. The molecule has 0 bridgehead atoms. The van der Waals surface area contributed by atoms with E-state index in [0.717, 1.165) is 24.3 Å². The zero-order chi connectivity index (χ0) is 15.1. The molecule has 3 heteroatoms. The van der Waals surface area contributed by atoms with E-state index >= 15 is 0 Å². The van der Waals surface area contributed by atoms with E-state index in [9.17, 15) is 4.79 Å². The van der Waals surface area contributed by atoms with Crippen LogP contribution >= 0.6 is 0 Å². The summed E-state index contributed by atoms with van der Waals surface area (Å²) in [4.78, 5) is 11.5. The number of aryl methyl sites for hydroxylation is 2. The van der Waals surface area contributed by atoms with Crippen molar-refractivity contribution in [2.45, 2.75) is 65.7 Å². The van der Waals surface area contributed by atoms with Crippen molar-refractivity contribution in [2.75, 3.05) is 0 Å². The standard InChI is InChI=1S/C13H16N2O.2C2H6/c14-15-13(16)11-6-9-3-1-2-8-4-5-10(7-11)12(8)9;2*1-2/h6-8H,1-5,14H2,(H,15,16);2*1-2H3. The number of hydrogen-bond donors (Lipinski definition) is 2. The Morgan fingerprint density at radius 1 is 1.10 bits per heavy atom. The van der Waals surface area contributed by atoms with Gasteiger partial charge in [-0.15, -0.1) is 0 Å². The normalized spacial score (nSPS) is 17.9. The lowest BCUT2D eigenvalue weighted by molar-refractivity contribution is 0.0953. The minimum absolute atomic E-state index is 0.173. The average molecular weight is 276 g/mol. The maximum atomic E-state index is 11.5. The summed E-state index contributed by atoms with van der Waals surface area (Å²) in [6.07, 6.45) is 6.08. The number of hydrazine groups is 1. The van der Waals surface area contributed by atoms with Crippen LogP contribution in [0.5, 0.6) is 0 Å². The van der Waals surface area contributed by atoms with Crippen LogP contribution < -0.4 is 11.3 Å². The van der Waals surface area contributed by atoms with Crippen LogP contribution in [0.2, 0.25) is 0 Å². The number of carbonyl (C=O) groups excluding carboxylic acids is 1. The molecule has 3 rings (SSSR count). The molecule has 0 aliphatic heterocycles. The predicted molar refractivity (Wildman–Crippen MR) is 84.8 cm³/mol. The predicted octanol–water partition coefficient (Wildman–Crippen LogP) is 3.71. The van der Waals surface area contributed by atoms with Gasteiger partial charge < -0.3 is 0 Å². The Morgan fingerprint density at radius 3 is 2.30 bits per heavy atom. The highest BCUT2D eigenvalue weighted by Gasteiger charge is 2.29. The first-order valence-electron chi connectivity index (χ1n) is 7.96. The molecule has 1 aromatic carbocycles. The summed E-state index contributed by atoms with van der Waals surface area (Å²) < 4.78 is 0. The van der Waals surface area contributed by atoms with Gasteiger partial charge in [-0.25, -0.2) is 5.84 Å². The highest BCUT2D eigenvalue weighted by Crippen LogP contribution is 2.42. The van der Waals surface area contributed by atoms with E-state index in [1.54, 1.807) is 5.56 Å². The van der Waals surface area contributed by atoms with E-state index in [4.69, 9.17) is 5.84 Å². The van der Waals surface area contributed by atoms with Crippen LogP contribution in [0.4, 0.5) is 0 Å². The molecule has 2 aliphatic carbocycles. The van der Waals surface area contributed by atoms with Crippen molar-refractivity contribution < 1.29 is 4.79 Å². The molecule has 1 atom stereocenters. The van der Waals surface area contributed by atoms with Gasteiger partial charge in [0.1, 0.15) is 0 Å². The van der Waals surface area contributed by atoms with E-state index in [0.29, 0.717) is 0 Å². The lowest BCUT2D eigenvalue weighted by Gasteiger charge is -2.22. The van der Waals surface area contributed by atoms with Crippen LogP contribution in [-0.2, 0) is 12.8 Å². The first kappa shape index (κ1) is 16.7. The zero-order valence-corrected chi connectivity index (χ0v) is 13.3. The second-order valence-electron chi connectivity index (χ2n) is 4.81. The molecule has 1 aromatic rings. The van der Waals surface area contributed by atoms with Crippen molar-refractivity contribution in [1.82, 2.24) is 5.43 Å². The second kappa shape index (κ2) is 8.05. The SMILES string of the molecule is CC.CC.NNC(=O)c1cc2c3c(c1)CCC3CCC2. The Labute approximate surface area is 122 Å². The summed E-state index contributed by atoms with van der Waals surface area (Å²) in [5.74, 6) is 5.77. The van der Waals surface area contributed by atoms with Crippen molar-refractivity contribution in [1.29, 1.82) is 0 Å². The number of hydrogen-bond acceptors (Lipinski definition) is 2. The maximum absolute atomic E-state index is 11.5. The Hall–Kier alpha value is -1.35. The highest BCUT2D eigenvalue weighted by molar-refractivity contribution is 5.94. The molecule has 0 spiro atoms. The van der Waals surface area contributed by atoms with E-state index in [2.05, 4.69) is 5.43 Å². The Kier molecular flexibility index (Phi) is 6.73. The van der Waals surface area contributed by atoms with Crippen molar-refractivity contribution in [2.24, 2.45) is 5.84 Å². The summed E-state index contributed by atoms with van der Waals surface area (Å²) in [5, 5.41) is 0. The molecule has 20 heavy (non-hydrogen) atoms. The number of nitrogen functional groups attached to an aromatic ring is 1. The quantitative estimate of drug-likeness (QED) is 0.467. The van der Waals surface area contributed by atoms with Gasteiger partial charge in [0.05, 0.1) is 0 Å². The number of rotatable bonds is 1. The van der Waals surface area contributed by atoms with Crippen molar-refractivity contribution in [3.05, 3.63) is 34.4 Å². The second-order valence-corrected chi connectivity index (χ2v) is 4.81. The molecule has 1 amide bonds. The first-order chi connectivity index (χ1) is 9.79. The van der Waals surface area contributed by atoms with Crippen LogP contribution in [-0.4, -0.2) is 5.91 Å². The largest absolute Gasteiger partial charge is 0.290 e. The molecule has 2 aliphatic rings. The van der Waals surface area contributed by atoms with E-state index in [1.165, 1.54) is 30.4 Å². The third-order valence-corrected chi connectivity index (χ3v) is 3.91. The summed E-state index contributed by atoms with van der Waals surface area (Å²) in [6.45, 7) is 8.00. The fraction of sp³-hybridized carbons (Fsp3) is 0.588. The van der Waals surface area contributed by atoms with E-state index < -0.39 is 0 Å². The van der Waals surface area contributed by atoms with Gasteiger partial charge in [0, 0.05) is 5.56 Å². The van der Waals surface area contributed by atoms with Crippen LogP contribution in [0.25, 0.3) is 0 Å². The number of nitrogens with one attached hydrogen (secondary N) is 1. The van der Waals surface area contributed by atoms with Crippen LogP contribution in [0.3, 0.4) is 0 Å². The molecule has 3 nitrogen and oxygen atoms in total. The molecular formula is C17H28N2O. The summed E-state index contributed by atoms with van der Waals surface area (Å²) in [5.41, 5.74) is 7.23. The first-order valence-corrected chi connectivity index (χ1v) is 7.96. The van der Waals surface area contributed by atoms with Gasteiger partial charge in [-0.05, 0) is 66.8 Å². The molecular weight excluding hydrogens is 248 g/mol. The number of amides is 1. The minimum Gasteiger partial charge on any atom is -0.290 e. The Bertz CT molecular complexity index is 455. The van der Waals surface area contributed by atoms with Crippen LogP contribution in [0.1, 0.15) is 79.9 Å². The molecule has 3 N–H and O–H groups in total. The third-order valence-electron chi connectivity index (χ3n) is 3.91. The molecule has 0 aromatic heterocycles. The molecule has 0 saturated heterocycles. The minimum atomic E-state index is -0.173. The van der Waals surface area contributed by atoms with Gasteiger partial charge in [0.2, 0.25) is 0 Å². The lowest BCUT2D eigenvalue weighted by Crippen LogP contribution is -2.30. The lowest BCUT2D eigenvalue weighted by atomic mass is 9.83. The third kappa shape index (κ3) is 3.21. The molecule has 112 valence electrons. The van der Waals surface area contributed by atoms with E-state index in [1.807, 2.05) is 39.8 Å². The smallest absolute Gasteiger partial charge is 0.265 e. The average Bonchev–Trinajstić information content (AvgIpc) is 2.95. The summed E-state index contributed by atoms with van der Waals surface area (Å²) >= 11 is 0. The number of carbonyl (C=O) groups is 1. The Morgan fingerprint density at radius 2 is 1.70 bits per heavy atom. The van der Waals surface area contributed by atoms with Gasteiger partial charge in [-0.3, -0.25) is 10.2 Å². The van der Waals surface area contributed by atoms with Gasteiger partial charge in [-0.1, -0.05) is 27.7 Å². The maximum Gasteiger partial charge on any atom is 0.265 e. The van der Waals surface area contributed by atoms with Gasteiger partial charge in [0.25, 0.3) is 5.91 Å². The van der Waals surface area contributed by atoms with Crippen molar-refractivity contribution in [3.8, 4) is 0 Å². The van der Waals surface area contributed by atoms with Gasteiger partial charge in [-0.2, -0.15) is 0 Å². The van der Waals surface area contributed by atoms with Crippen molar-refractivity contribution >= 4 is 5.91 Å². The highest BCUT2D eigenvalue weighted by atomic mass is 16.2. The van der Waals surface area contributed by atoms with Crippen LogP contribution in [0.15, 0.2) is 12.1 Å². The monoisotopic (exact) mass is 276 g/mol. The molecule has 0 fully saturated rings. The molecule has 1 unspecified atom stereocenters.